The van der Waals surface area contributed by atoms with Crippen LogP contribution in [0, 0.1) is 0 Å². The Hall–Kier alpha value is -2.75. The van der Waals surface area contributed by atoms with Crippen molar-refractivity contribution in [3.63, 3.8) is 0 Å². The zero-order valence-electron chi connectivity index (χ0n) is 17.9. The molecule has 0 bridgehead atoms. The van der Waals surface area contributed by atoms with Crippen LogP contribution in [0.25, 0.3) is 11.6 Å². The standard InChI is InChI=1S/C20H28N6O4/c1-20(2,3)29-19(27)26-9-7-14(8-10-26)28-12-17-21-18(30-23-17)13-5-6-16-15(11-13)22-24-25(16)4/h11,14H,5-10,12H2,1-4H3. The quantitative estimate of drug-likeness (QED) is 0.748. The van der Waals surface area contributed by atoms with Gasteiger partial charge in [0, 0.05) is 25.7 Å². The maximum absolute atomic E-state index is 12.1. The van der Waals surface area contributed by atoms with E-state index in [2.05, 4.69) is 20.5 Å². The summed E-state index contributed by atoms with van der Waals surface area (Å²) < 4.78 is 18.6. The zero-order chi connectivity index (χ0) is 21.3. The summed E-state index contributed by atoms with van der Waals surface area (Å²) in [4.78, 5) is 18.3. The van der Waals surface area contributed by atoms with Crippen LogP contribution in [0.2, 0.25) is 0 Å². The molecule has 1 saturated heterocycles. The molecular weight excluding hydrogens is 388 g/mol. The predicted octanol–water partition coefficient (Wildman–Crippen LogP) is 2.60. The van der Waals surface area contributed by atoms with Crippen LogP contribution in [0.4, 0.5) is 4.79 Å². The average molecular weight is 416 g/mol. The molecule has 2 aliphatic rings. The Morgan fingerprint density at radius 1 is 1.27 bits per heavy atom. The number of aromatic nitrogens is 5. The number of hydrogen-bond acceptors (Lipinski definition) is 8. The number of rotatable bonds is 4. The molecule has 30 heavy (non-hydrogen) atoms. The molecule has 0 unspecified atom stereocenters. The lowest BCUT2D eigenvalue weighted by Crippen LogP contribution is -2.43. The highest BCUT2D eigenvalue weighted by Crippen LogP contribution is 2.28. The van der Waals surface area contributed by atoms with Gasteiger partial charge >= 0.3 is 6.09 Å². The molecule has 2 aromatic heterocycles. The third-order valence-corrected chi connectivity index (χ3v) is 5.20. The van der Waals surface area contributed by atoms with Crippen molar-refractivity contribution in [1.29, 1.82) is 0 Å². The van der Waals surface area contributed by atoms with Crippen LogP contribution in [0.3, 0.4) is 0 Å². The first-order valence-electron chi connectivity index (χ1n) is 10.3. The summed E-state index contributed by atoms with van der Waals surface area (Å²) in [5.41, 5.74) is 2.45. The number of ether oxygens (including phenoxy) is 2. The van der Waals surface area contributed by atoms with Gasteiger partial charge < -0.3 is 18.9 Å². The molecule has 0 radical (unpaired) electrons. The van der Waals surface area contributed by atoms with Crippen LogP contribution in [-0.4, -0.2) is 60.9 Å². The predicted molar refractivity (Wildman–Crippen MR) is 107 cm³/mol. The fraction of sp³-hybridized carbons (Fsp3) is 0.650. The lowest BCUT2D eigenvalue weighted by Gasteiger charge is -2.33. The molecule has 0 spiro atoms. The number of carbonyl (C=O) groups excluding carboxylic acids is 1. The first-order valence-corrected chi connectivity index (χ1v) is 10.3. The number of piperidine rings is 1. The van der Waals surface area contributed by atoms with Gasteiger partial charge in [-0.25, -0.2) is 4.79 Å². The summed E-state index contributed by atoms with van der Waals surface area (Å²) in [6, 6.07) is 0. The summed E-state index contributed by atoms with van der Waals surface area (Å²) >= 11 is 0. The van der Waals surface area contributed by atoms with Crippen molar-refractivity contribution in [1.82, 2.24) is 30.0 Å². The summed E-state index contributed by atoms with van der Waals surface area (Å²) in [5, 5.41) is 12.3. The SMILES string of the molecule is Cn1nnc2c1CCC(c1nc(COC3CCN(C(=O)OC(C)(C)C)CC3)no1)=C2. The van der Waals surface area contributed by atoms with E-state index in [1.165, 1.54) is 0 Å². The van der Waals surface area contributed by atoms with E-state index in [0.29, 0.717) is 24.8 Å². The molecule has 10 heteroatoms. The van der Waals surface area contributed by atoms with Crippen LogP contribution < -0.4 is 0 Å². The minimum absolute atomic E-state index is 0.0571. The average Bonchev–Trinajstić information content (AvgIpc) is 3.32. The topological polar surface area (TPSA) is 108 Å². The van der Waals surface area contributed by atoms with Crippen LogP contribution in [-0.2, 0) is 29.5 Å². The normalized spacial score (nSPS) is 17.6. The Labute approximate surface area is 175 Å². The zero-order valence-corrected chi connectivity index (χ0v) is 17.9. The summed E-state index contributed by atoms with van der Waals surface area (Å²) in [7, 11) is 1.89. The van der Waals surface area contributed by atoms with Crippen molar-refractivity contribution in [2.75, 3.05) is 13.1 Å². The van der Waals surface area contributed by atoms with Gasteiger partial charge in [-0.1, -0.05) is 10.4 Å². The second kappa shape index (κ2) is 8.17. The largest absolute Gasteiger partial charge is 0.444 e. The molecule has 10 nitrogen and oxygen atoms in total. The molecule has 0 N–H and O–H groups in total. The number of allylic oxidation sites excluding steroid dienone is 1. The number of hydrogen-bond donors (Lipinski definition) is 0. The second-order valence-electron chi connectivity index (χ2n) is 8.71. The molecule has 1 aliphatic carbocycles. The van der Waals surface area contributed by atoms with Gasteiger partial charge in [-0.3, -0.25) is 4.68 Å². The molecule has 1 amide bonds. The highest BCUT2D eigenvalue weighted by Gasteiger charge is 2.27. The second-order valence-corrected chi connectivity index (χ2v) is 8.71. The van der Waals surface area contributed by atoms with Gasteiger partial charge in [0.15, 0.2) is 5.82 Å². The van der Waals surface area contributed by atoms with Crippen LogP contribution in [0.15, 0.2) is 4.52 Å². The highest BCUT2D eigenvalue weighted by molar-refractivity contribution is 5.79. The summed E-state index contributed by atoms with van der Waals surface area (Å²) in [5.74, 6) is 1.02. The van der Waals surface area contributed by atoms with Crippen molar-refractivity contribution < 1.29 is 18.8 Å². The van der Waals surface area contributed by atoms with E-state index in [9.17, 15) is 4.79 Å². The lowest BCUT2D eigenvalue weighted by molar-refractivity contribution is -0.0190. The van der Waals surface area contributed by atoms with Gasteiger partial charge in [0.05, 0.1) is 11.8 Å². The van der Waals surface area contributed by atoms with E-state index >= 15 is 0 Å². The van der Waals surface area contributed by atoms with Crippen molar-refractivity contribution in [2.24, 2.45) is 7.05 Å². The Morgan fingerprint density at radius 2 is 2.03 bits per heavy atom. The van der Waals surface area contributed by atoms with Crippen molar-refractivity contribution in [2.45, 2.75) is 64.8 Å². The maximum Gasteiger partial charge on any atom is 0.410 e. The Kier molecular flexibility index (Phi) is 5.59. The molecule has 1 fully saturated rings. The van der Waals surface area contributed by atoms with E-state index in [1.54, 1.807) is 9.58 Å². The fourth-order valence-corrected chi connectivity index (χ4v) is 3.62. The van der Waals surface area contributed by atoms with Gasteiger partial charge in [-0.15, -0.1) is 5.10 Å². The molecule has 1 aliphatic heterocycles. The van der Waals surface area contributed by atoms with Crippen LogP contribution in [0.1, 0.15) is 63.1 Å². The number of nitrogens with zero attached hydrogens (tertiary/aromatic N) is 6. The number of aryl methyl sites for hydroxylation is 1. The maximum atomic E-state index is 12.1. The summed E-state index contributed by atoms with van der Waals surface area (Å²) in [6.45, 7) is 7.12. The molecule has 0 saturated carbocycles. The van der Waals surface area contributed by atoms with Crippen LogP contribution in [0.5, 0.6) is 0 Å². The van der Waals surface area contributed by atoms with E-state index < -0.39 is 5.60 Å². The number of likely N-dealkylation sites (tertiary alicyclic amines) is 1. The van der Waals surface area contributed by atoms with Crippen molar-refractivity contribution in [3.8, 4) is 0 Å². The summed E-state index contributed by atoms with van der Waals surface area (Å²) in [6.07, 6.45) is 4.90. The lowest BCUT2D eigenvalue weighted by atomic mass is 10.00. The van der Waals surface area contributed by atoms with Gasteiger partial charge in [-0.05, 0) is 52.5 Å². The molecule has 0 aromatic carbocycles. The molecular formula is C20H28N6O4. The van der Waals surface area contributed by atoms with E-state index in [-0.39, 0.29) is 18.8 Å². The van der Waals surface area contributed by atoms with Crippen LogP contribution >= 0.6 is 0 Å². The Balaban J connectivity index is 1.27. The highest BCUT2D eigenvalue weighted by atomic mass is 16.6. The van der Waals surface area contributed by atoms with E-state index in [4.69, 9.17) is 14.0 Å². The monoisotopic (exact) mass is 416 g/mol. The fourth-order valence-electron chi connectivity index (χ4n) is 3.62. The first-order chi connectivity index (χ1) is 14.3. The van der Waals surface area contributed by atoms with Gasteiger partial charge in [0.1, 0.15) is 17.9 Å². The Morgan fingerprint density at radius 3 is 2.77 bits per heavy atom. The van der Waals surface area contributed by atoms with Crippen molar-refractivity contribution >= 4 is 17.7 Å². The minimum Gasteiger partial charge on any atom is -0.444 e. The molecule has 162 valence electrons. The van der Waals surface area contributed by atoms with Crippen molar-refractivity contribution in [3.05, 3.63) is 23.1 Å². The van der Waals surface area contributed by atoms with E-state index in [1.807, 2.05) is 33.9 Å². The van der Waals surface area contributed by atoms with E-state index in [0.717, 1.165) is 42.6 Å². The number of fused-ring (bicyclic) bond motifs is 1. The van der Waals surface area contributed by atoms with Gasteiger partial charge in [0.2, 0.25) is 0 Å². The molecule has 0 atom stereocenters. The molecule has 3 heterocycles. The Bertz CT molecular complexity index is 933. The molecule has 2 aromatic rings. The molecule has 4 rings (SSSR count). The third kappa shape index (κ3) is 4.69. The van der Waals surface area contributed by atoms with Gasteiger partial charge in [-0.2, -0.15) is 4.98 Å². The van der Waals surface area contributed by atoms with Gasteiger partial charge in [0.25, 0.3) is 5.89 Å². The first kappa shape index (κ1) is 20.5. The smallest absolute Gasteiger partial charge is 0.410 e. The number of amides is 1. The third-order valence-electron chi connectivity index (χ3n) is 5.20. The number of carbonyl (C=O) groups is 1. The minimum atomic E-state index is -0.483.